The Kier molecular flexibility index (Phi) is 5.08. The Morgan fingerprint density at radius 2 is 1.84 bits per heavy atom. The predicted octanol–water partition coefficient (Wildman–Crippen LogP) is 4.79. The monoisotopic (exact) mass is 393 g/mol. The number of rotatable bonds is 3. The molecule has 1 N–H and O–H groups in total. The van der Waals surface area contributed by atoms with Gasteiger partial charge in [0.2, 0.25) is 0 Å². The number of halogens is 2. The lowest BCUT2D eigenvalue weighted by atomic mass is 10.2. The molecule has 126 valence electrons. The van der Waals surface area contributed by atoms with Gasteiger partial charge in [0.15, 0.2) is 5.17 Å². The Morgan fingerprint density at radius 1 is 1.12 bits per heavy atom. The first-order valence-corrected chi connectivity index (χ1v) is 8.49. The van der Waals surface area contributed by atoms with Crippen molar-refractivity contribution in [1.29, 1.82) is 0 Å². The van der Waals surface area contributed by atoms with E-state index >= 15 is 0 Å². The van der Waals surface area contributed by atoms with Gasteiger partial charge in [-0.05, 0) is 53.7 Å². The standard InChI is InChI=1S/C16H9Cl2N3O3S/c17-12-6-3-10(8-13(12)18)19-16-20-15(22)14(25-16)7-9-1-4-11(5-2-9)21(23)24/h1-8H,(H,19,20,22)/b14-7-. The maximum atomic E-state index is 12.0. The molecule has 0 aromatic heterocycles. The summed E-state index contributed by atoms with van der Waals surface area (Å²) >= 11 is 13.0. The van der Waals surface area contributed by atoms with Crippen LogP contribution >= 0.6 is 35.0 Å². The van der Waals surface area contributed by atoms with Gasteiger partial charge in [-0.2, -0.15) is 0 Å². The average Bonchev–Trinajstić information content (AvgIpc) is 2.91. The summed E-state index contributed by atoms with van der Waals surface area (Å²) in [5.41, 5.74) is 1.24. The molecule has 9 heteroatoms. The van der Waals surface area contributed by atoms with Gasteiger partial charge < -0.3 is 5.32 Å². The van der Waals surface area contributed by atoms with E-state index in [9.17, 15) is 14.9 Å². The third kappa shape index (κ3) is 4.19. The van der Waals surface area contributed by atoms with Crippen LogP contribution in [0.4, 0.5) is 11.4 Å². The molecule has 1 aliphatic heterocycles. The molecule has 25 heavy (non-hydrogen) atoms. The van der Waals surface area contributed by atoms with Crippen molar-refractivity contribution in [1.82, 2.24) is 5.32 Å². The number of nitro groups is 1. The summed E-state index contributed by atoms with van der Waals surface area (Å²) in [7, 11) is 0. The van der Waals surface area contributed by atoms with Crippen molar-refractivity contribution in [3.05, 3.63) is 73.1 Å². The van der Waals surface area contributed by atoms with E-state index in [1.54, 1.807) is 36.4 Å². The minimum atomic E-state index is -0.476. The number of amidine groups is 1. The number of thioether (sulfide) groups is 1. The highest BCUT2D eigenvalue weighted by molar-refractivity contribution is 8.18. The number of hydrogen-bond acceptors (Lipinski definition) is 5. The van der Waals surface area contributed by atoms with E-state index in [-0.39, 0.29) is 11.6 Å². The Labute approximate surface area is 156 Å². The van der Waals surface area contributed by atoms with Gasteiger partial charge >= 0.3 is 0 Å². The topological polar surface area (TPSA) is 84.6 Å². The van der Waals surface area contributed by atoms with Crippen LogP contribution in [-0.2, 0) is 4.79 Å². The van der Waals surface area contributed by atoms with Crippen molar-refractivity contribution >= 4 is 63.5 Å². The van der Waals surface area contributed by atoms with Crippen molar-refractivity contribution in [2.75, 3.05) is 0 Å². The van der Waals surface area contributed by atoms with E-state index in [1.807, 2.05) is 0 Å². The van der Waals surface area contributed by atoms with E-state index in [2.05, 4.69) is 10.3 Å². The lowest BCUT2D eigenvalue weighted by molar-refractivity contribution is -0.384. The van der Waals surface area contributed by atoms with E-state index in [1.165, 1.54) is 23.9 Å². The Bertz CT molecular complexity index is 927. The molecular formula is C16H9Cl2N3O3S. The first kappa shape index (κ1) is 17.5. The van der Waals surface area contributed by atoms with Crippen LogP contribution in [0.25, 0.3) is 6.08 Å². The van der Waals surface area contributed by atoms with Gasteiger partial charge in [0.05, 0.1) is 25.6 Å². The molecule has 6 nitrogen and oxygen atoms in total. The summed E-state index contributed by atoms with van der Waals surface area (Å²) in [6, 6.07) is 10.8. The van der Waals surface area contributed by atoms with E-state index in [0.29, 0.717) is 31.4 Å². The van der Waals surface area contributed by atoms with Crippen LogP contribution in [0, 0.1) is 10.1 Å². The smallest absolute Gasteiger partial charge is 0.269 e. The Balaban J connectivity index is 1.80. The molecule has 3 rings (SSSR count). The van der Waals surface area contributed by atoms with Crippen molar-refractivity contribution in [3.8, 4) is 0 Å². The number of carbonyl (C=O) groups is 1. The fraction of sp³-hybridized carbons (Fsp3) is 0. The van der Waals surface area contributed by atoms with Gasteiger partial charge in [0, 0.05) is 12.1 Å². The predicted molar refractivity (Wildman–Crippen MR) is 100 cm³/mol. The van der Waals surface area contributed by atoms with Crippen LogP contribution in [0.15, 0.2) is 52.4 Å². The molecule has 0 saturated carbocycles. The number of benzene rings is 2. The molecule has 1 saturated heterocycles. The number of amides is 1. The van der Waals surface area contributed by atoms with Crippen molar-refractivity contribution in [3.63, 3.8) is 0 Å². The fourth-order valence-corrected chi connectivity index (χ4v) is 3.13. The minimum Gasteiger partial charge on any atom is -0.300 e. The van der Waals surface area contributed by atoms with Gasteiger partial charge in [-0.25, -0.2) is 4.99 Å². The molecule has 0 spiro atoms. The Morgan fingerprint density at radius 3 is 2.48 bits per heavy atom. The van der Waals surface area contributed by atoms with Crippen LogP contribution in [0.2, 0.25) is 10.0 Å². The van der Waals surface area contributed by atoms with Gasteiger partial charge in [-0.15, -0.1) is 0 Å². The molecule has 2 aromatic rings. The molecule has 2 aromatic carbocycles. The number of non-ortho nitro benzene ring substituents is 1. The molecule has 0 unspecified atom stereocenters. The normalized spacial score (nSPS) is 17.1. The summed E-state index contributed by atoms with van der Waals surface area (Å²) in [6.45, 7) is 0. The third-order valence-electron chi connectivity index (χ3n) is 3.19. The molecule has 1 amide bonds. The van der Waals surface area contributed by atoms with Crippen LogP contribution in [0.1, 0.15) is 5.56 Å². The number of aliphatic imine (C=N–C) groups is 1. The highest BCUT2D eigenvalue weighted by Gasteiger charge is 2.23. The second-order valence-corrected chi connectivity index (χ2v) is 6.77. The van der Waals surface area contributed by atoms with E-state index in [0.717, 1.165) is 0 Å². The number of hydrogen-bond donors (Lipinski definition) is 1. The van der Waals surface area contributed by atoms with Crippen LogP contribution < -0.4 is 5.32 Å². The maximum Gasteiger partial charge on any atom is 0.269 e. The summed E-state index contributed by atoms with van der Waals surface area (Å²) in [5, 5.41) is 14.5. The highest BCUT2D eigenvalue weighted by atomic mass is 35.5. The average molecular weight is 394 g/mol. The zero-order chi connectivity index (χ0) is 18.0. The van der Waals surface area contributed by atoms with Gasteiger partial charge in [-0.1, -0.05) is 23.2 Å². The Hall–Kier alpha value is -2.35. The zero-order valence-electron chi connectivity index (χ0n) is 12.4. The second-order valence-electron chi connectivity index (χ2n) is 4.93. The molecule has 1 heterocycles. The van der Waals surface area contributed by atoms with Crippen LogP contribution in [0.5, 0.6) is 0 Å². The third-order valence-corrected chi connectivity index (χ3v) is 4.84. The summed E-state index contributed by atoms with van der Waals surface area (Å²) in [5.74, 6) is -0.290. The molecular weight excluding hydrogens is 385 g/mol. The molecule has 1 fully saturated rings. The molecule has 0 radical (unpaired) electrons. The maximum absolute atomic E-state index is 12.0. The fourth-order valence-electron chi connectivity index (χ4n) is 2.00. The van der Waals surface area contributed by atoms with Gasteiger partial charge in [-0.3, -0.25) is 14.9 Å². The zero-order valence-corrected chi connectivity index (χ0v) is 14.7. The number of nitro benzene ring substituents is 1. The lowest BCUT2D eigenvalue weighted by Gasteiger charge is -1.99. The number of nitrogens with zero attached hydrogens (tertiary/aromatic N) is 2. The highest BCUT2D eigenvalue weighted by Crippen LogP contribution is 2.31. The van der Waals surface area contributed by atoms with Gasteiger partial charge in [0.1, 0.15) is 0 Å². The molecule has 0 aliphatic carbocycles. The van der Waals surface area contributed by atoms with Crippen molar-refractivity contribution in [2.45, 2.75) is 0 Å². The lowest BCUT2D eigenvalue weighted by Crippen LogP contribution is -2.19. The first-order chi connectivity index (χ1) is 11.9. The minimum absolute atomic E-state index is 0.00690. The van der Waals surface area contributed by atoms with E-state index in [4.69, 9.17) is 23.2 Å². The quantitative estimate of drug-likeness (QED) is 0.461. The number of carbonyl (C=O) groups excluding carboxylic acids is 1. The van der Waals surface area contributed by atoms with Crippen molar-refractivity contribution < 1.29 is 9.72 Å². The van der Waals surface area contributed by atoms with E-state index < -0.39 is 4.92 Å². The molecule has 0 bridgehead atoms. The second kappa shape index (κ2) is 7.26. The number of nitrogens with one attached hydrogen (secondary N) is 1. The largest absolute Gasteiger partial charge is 0.300 e. The molecule has 1 aliphatic rings. The first-order valence-electron chi connectivity index (χ1n) is 6.91. The summed E-state index contributed by atoms with van der Waals surface area (Å²) in [6.07, 6.45) is 1.64. The van der Waals surface area contributed by atoms with Gasteiger partial charge in [0.25, 0.3) is 11.6 Å². The van der Waals surface area contributed by atoms with Crippen LogP contribution in [-0.4, -0.2) is 16.0 Å². The summed E-state index contributed by atoms with van der Waals surface area (Å²) in [4.78, 5) is 27.0. The van der Waals surface area contributed by atoms with Crippen molar-refractivity contribution in [2.24, 2.45) is 4.99 Å². The van der Waals surface area contributed by atoms with Crippen LogP contribution in [0.3, 0.4) is 0 Å². The SMILES string of the molecule is O=C1NC(=Nc2ccc(Cl)c(Cl)c2)S/C1=C\c1ccc([N+](=O)[O-])cc1. The summed E-state index contributed by atoms with van der Waals surface area (Å²) < 4.78 is 0. The molecule has 0 atom stereocenters.